The maximum atomic E-state index is 13.1. The van der Waals surface area contributed by atoms with Crippen molar-refractivity contribution in [1.82, 2.24) is 9.55 Å². The van der Waals surface area contributed by atoms with Gasteiger partial charge in [-0.25, -0.2) is 14.4 Å². The summed E-state index contributed by atoms with van der Waals surface area (Å²) in [5.41, 5.74) is 1.29. The van der Waals surface area contributed by atoms with Crippen LogP contribution in [0.25, 0.3) is 16.5 Å². The van der Waals surface area contributed by atoms with Crippen molar-refractivity contribution in [2.75, 3.05) is 0 Å². The molecule has 3 aromatic rings. The van der Waals surface area contributed by atoms with Gasteiger partial charge in [0.25, 0.3) is 5.56 Å². The van der Waals surface area contributed by atoms with Crippen molar-refractivity contribution in [3.05, 3.63) is 65.0 Å². The monoisotopic (exact) mass is 309 g/mol. The SMILES string of the molecule is CCC(C)=Nc1nccc2ccn(-c3ccc(F)cc3)c(=O)c12. The van der Waals surface area contributed by atoms with Crippen LogP contribution in [0.3, 0.4) is 0 Å². The number of halogens is 1. The van der Waals surface area contributed by atoms with Crippen molar-refractivity contribution in [2.45, 2.75) is 20.3 Å². The van der Waals surface area contributed by atoms with E-state index in [1.54, 1.807) is 30.6 Å². The summed E-state index contributed by atoms with van der Waals surface area (Å²) < 4.78 is 14.6. The first kappa shape index (κ1) is 15.1. The molecule has 2 aromatic heterocycles. The normalized spacial score (nSPS) is 11.9. The Morgan fingerprint density at radius 1 is 1.22 bits per heavy atom. The number of hydrogen-bond donors (Lipinski definition) is 0. The number of fused-ring (bicyclic) bond motifs is 1. The third-order valence-electron chi connectivity index (χ3n) is 3.71. The predicted octanol–water partition coefficient (Wildman–Crippen LogP) is 4.03. The fourth-order valence-electron chi connectivity index (χ4n) is 2.32. The Balaban J connectivity index is 2.27. The van der Waals surface area contributed by atoms with Crippen molar-refractivity contribution in [2.24, 2.45) is 4.99 Å². The van der Waals surface area contributed by atoms with Gasteiger partial charge in [0.05, 0.1) is 5.39 Å². The highest BCUT2D eigenvalue weighted by Gasteiger charge is 2.10. The molecule has 2 heterocycles. The fraction of sp³-hybridized carbons (Fsp3) is 0.167. The molecule has 3 rings (SSSR count). The van der Waals surface area contributed by atoms with Gasteiger partial charge >= 0.3 is 0 Å². The van der Waals surface area contributed by atoms with Gasteiger partial charge < -0.3 is 0 Å². The van der Waals surface area contributed by atoms with E-state index in [-0.39, 0.29) is 11.4 Å². The molecule has 0 atom stereocenters. The first-order valence-electron chi connectivity index (χ1n) is 7.40. The van der Waals surface area contributed by atoms with Crippen LogP contribution in [0.4, 0.5) is 10.2 Å². The summed E-state index contributed by atoms with van der Waals surface area (Å²) in [6.45, 7) is 3.91. The summed E-state index contributed by atoms with van der Waals surface area (Å²) in [5, 5.41) is 1.25. The average molecular weight is 309 g/mol. The van der Waals surface area contributed by atoms with E-state index in [1.807, 2.05) is 19.9 Å². The minimum atomic E-state index is -0.340. The highest BCUT2D eigenvalue weighted by atomic mass is 19.1. The maximum Gasteiger partial charge on any atom is 0.266 e. The van der Waals surface area contributed by atoms with Crippen LogP contribution in [0.1, 0.15) is 20.3 Å². The molecule has 1 aromatic carbocycles. The summed E-state index contributed by atoms with van der Waals surface area (Å²) in [6.07, 6.45) is 4.11. The first-order valence-corrected chi connectivity index (χ1v) is 7.40. The lowest BCUT2D eigenvalue weighted by atomic mass is 10.2. The van der Waals surface area contributed by atoms with Crippen LogP contribution >= 0.6 is 0 Å². The Bertz CT molecular complexity index is 943. The molecule has 0 bridgehead atoms. The van der Waals surface area contributed by atoms with Crippen LogP contribution < -0.4 is 5.56 Å². The van der Waals surface area contributed by atoms with Gasteiger partial charge in [0.15, 0.2) is 5.82 Å². The van der Waals surface area contributed by atoms with Crippen molar-refractivity contribution in [3.8, 4) is 5.69 Å². The van der Waals surface area contributed by atoms with Crippen molar-refractivity contribution < 1.29 is 4.39 Å². The van der Waals surface area contributed by atoms with Crippen LogP contribution in [0, 0.1) is 5.82 Å². The summed E-state index contributed by atoms with van der Waals surface area (Å²) in [4.78, 5) is 21.6. The lowest BCUT2D eigenvalue weighted by Crippen LogP contribution is -2.18. The second-order valence-electron chi connectivity index (χ2n) is 5.27. The minimum absolute atomic E-state index is 0.218. The molecule has 0 fully saturated rings. The standard InChI is InChI=1S/C18H16FN3O/c1-3-12(2)21-17-16-13(8-10-20-17)9-11-22(18(16)23)15-6-4-14(19)5-7-15/h4-11H,3H2,1-2H3. The molecule has 23 heavy (non-hydrogen) atoms. The summed E-state index contributed by atoms with van der Waals surface area (Å²) in [7, 11) is 0. The number of hydrogen-bond acceptors (Lipinski definition) is 3. The van der Waals surface area contributed by atoms with Gasteiger partial charge in [-0.3, -0.25) is 9.36 Å². The molecule has 0 N–H and O–H groups in total. The van der Waals surface area contributed by atoms with E-state index in [4.69, 9.17) is 0 Å². The summed E-state index contributed by atoms with van der Waals surface area (Å²) in [5.74, 6) is 0.0800. The molecule has 0 aliphatic carbocycles. The summed E-state index contributed by atoms with van der Waals surface area (Å²) in [6, 6.07) is 9.41. The van der Waals surface area contributed by atoms with Crippen molar-refractivity contribution in [1.29, 1.82) is 0 Å². The molecule has 0 aliphatic heterocycles. The number of aliphatic imine (C=N–C) groups is 1. The highest BCUT2D eigenvalue weighted by Crippen LogP contribution is 2.21. The lowest BCUT2D eigenvalue weighted by Gasteiger charge is -2.08. The third kappa shape index (κ3) is 2.90. The minimum Gasteiger partial charge on any atom is -0.284 e. The molecule has 0 saturated carbocycles. The number of aromatic nitrogens is 2. The zero-order valence-electron chi connectivity index (χ0n) is 13.0. The molecule has 4 nitrogen and oxygen atoms in total. The number of pyridine rings is 2. The fourth-order valence-corrected chi connectivity index (χ4v) is 2.32. The number of rotatable bonds is 3. The van der Waals surface area contributed by atoms with Gasteiger partial charge in [0, 0.05) is 23.8 Å². The molecule has 0 radical (unpaired) electrons. The molecule has 116 valence electrons. The molecule has 0 saturated heterocycles. The van der Waals surface area contributed by atoms with Crippen LogP contribution in [0.2, 0.25) is 0 Å². The predicted molar refractivity (Wildman–Crippen MR) is 90.4 cm³/mol. The number of benzene rings is 1. The van der Waals surface area contributed by atoms with Crippen molar-refractivity contribution >= 4 is 22.3 Å². The smallest absolute Gasteiger partial charge is 0.266 e. The molecule has 0 amide bonds. The Labute approximate surface area is 133 Å². The summed E-state index contributed by atoms with van der Waals surface area (Å²) >= 11 is 0. The van der Waals surface area contributed by atoms with Gasteiger partial charge in [0.2, 0.25) is 0 Å². The molecule has 0 spiro atoms. The lowest BCUT2D eigenvalue weighted by molar-refractivity contribution is 0.627. The Morgan fingerprint density at radius 3 is 2.65 bits per heavy atom. The van der Waals surface area contributed by atoms with E-state index in [0.29, 0.717) is 16.9 Å². The van der Waals surface area contributed by atoms with E-state index >= 15 is 0 Å². The topological polar surface area (TPSA) is 47.2 Å². The van der Waals surface area contributed by atoms with E-state index < -0.39 is 0 Å². The van der Waals surface area contributed by atoms with Crippen LogP contribution in [-0.4, -0.2) is 15.3 Å². The van der Waals surface area contributed by atoms with Crippen LogP contribution in [-0.2, 0) is 0 Å². The van der Waals surface area contributed by atoms with E-state index in [0.717, 1.165) is 17.5 Å². The molecular formula is C18H16FN3O. The van der Waals surface area contributed by atoms with Crippen LogP contribution in [0.15, 0.2) is 58.6 Å². The van der Waals surface area contributed by atoms with Gasteiger partial charge in [-0.15, -0.1) is 0 Å². The van der Waals surface area contributed by atoms with Gasteiger partial charge in [-0.1, -0.05) is 6.92 Å². The van der Waals surface area contributed by atoms with Gasteiger partial charge in [0.1, 0.15) is 5.82 Å². The molecule has 5 heteroatoms. The van der Waals surface area contributed by atoms with Gasteiger partial charge in [-0.2, -0.15) is 0 Å². The largest absolute Gasteiger partial charge is 0.284 e. The second kappa shape index (κ2) is 6.12. The maximum absolute atomic E-state index is 13.1. The Hall–Kier alpha value is -2.82. The second-order valence-corrected chi connectivity index (χ2v) is 5.27. The van der Waals surface area contributed by atoms with Crippen LogP contribution in [0.5, 0.6) is 0 Å². The molecule has 0 aliphatic rings. The van der Waals surface area contributed by atoms with Crippen molar-refractivity contribution in [3.63, 3.8) is 0 Å². The van der Waals surface area contributed by atoms with E-state index in [9.17, 15) is 9.18 Å². The van der Waals surface area contributed by atoms with E-state index in [1.165, 1.54) is 16.7 Å². The quantitative estimate of drug-likeness (QED) is 0.686. The third-order valence-corrected chi connectivity index (χ3v) is 3.71. The van der Waals surface area contributed by atoms with Gasteiger partial charge in [-0.05, 0) is 55.1 Å². The van der Waals surface area contributed by atoms with E-state index in [2.05, 4.69) is 9.98 Å². The first-order chi connectivity index (χ1) is 11.1. The molecular weight excluding hydrogens is 293 g/mol. The zero-order chi connectivity index (χ0) is 16.4. The number of nitrogens with zero attached hydrogens (tertiary/aromatic N) is 3. The average Bonchev–Trinajstić information content (AvgIpc) is 2.56. The zero-order valence-corrected chi connectivity index (χ0v) is 13.0. The Kier molecular flexibility index (Phi) is 4.02. The highest BCUT2D eigenvalue weighted by molar-refractivity contribution is 5.93. The Morgan fingerprint density at radius 2 is 1.96 bits per heavy atom. The molecule has 0 unspecified atom stereocenters.